The molecule has 6 unspecified atom stereocenters. The maximum atomic E-state index is 12.3. The Balaban J connectivity index is 1.71. The van der Waals surface area contributed by atoms with Gasteiger partial charge in [-0.1, -0.05) is 13.8 Å². The average Bonchev–Trinajstić information content (AvgIpc) is 2.54. The molecular weight excluding hydrogens is 318 g/mol. The van der Waals surface area contributed by atoms with Crippen LogP contribution in [0.15, 0.2) is 0 Å². The normalized spacial score (nSPS) is 36.0. The molecule has 25 heavy (non-hydrogen) atoms. The Labute approximate surface area is 152 Å². The molecule has 6 atom stereocenters. The summed E-state index contributed by atoms with van der Waals surface area (Å²) < 4.78 is 0. The molecule has 2 fully saturated rings. The number of carbonyl (C=O) groups excluding carboxylic acids is 1. The third-order valence-electron chi connectivity index (χ3n) is 5.59. The van der Waals surface area contributed by atoms with Crippen molar-refractivity contribution in [3.8, 4) is 0 Å². The number of nitrogens with one attached hydrogen (secondary N) is 5. The lowest BCUT2D eigenvalue weighted by atomic mass is 9.79. The summed E-state index contributed by atoms with van der Waals surface area (Å²) in [6.07, 6.45) is 5.96. The Kier molecular flexibility index (Phi) is 8.42. The molecule has 1 saturated heterocycles. The van der Waals surface area contributed by atoms with E-state index in [1.807, 2.05) is 0 Å². The number of rotatable bonds is 7. The van der Waals surface area contributed by atoms with E-state index in [0.717, 1.165) is 44.6 Å². The molecule has 1 saturated carbocycles. The van der Waals surface area contributed by atoms with E-state index in [2.05, 4.69) is 47.4 Å². The molecule has 1 aliphatic heterocycles. The lowest BCUT2D eigenvalue weighted by molar-refractivity contribution is 0.177. The highest BCUT2D eigenvalue weighted by atomic mass is 16.3. The van der Waals surface area contributed by atoms with Crippen molar-refractivity contribution >= 4 is 6.03 Å². The second kappa shape index (κ2) is 10.3. The summed E-state index contributed by atoms with van der Waals surface area (Å²) in [5.41, 5.74) is 0. The van der Waals surface area contributed by atoms with Crippen LogP contribution in [0.2, 0.25) is 0 Å². The van der Waals surface area contributed by atoms with Crippen LogP contribution in [0.5, 0.6) is 0 Å². The molecule has 0 spiro atoms. The lowest BCUT2D eigenvalue weighted by Gasteiger charge is -2.37. The molecule has 2 rings (SSSR count). The first-order valence-corrected chi connectivity index (χ1v) is 9.91. The second-order valence-corrected chi connectivity index (χ2v) is 7.92. The average molecular weight is 356 g/mol. The number of amides is 2. The van der Waals surface area contributed by atoms with Crippen LogP contribution in [0.25, 0.3) is 0 Å². The number of urea groups is 1. The molecule has 0 aromatic carbocycles. The molecule has 0 radical (unpaired) electrons. The van der Waals surface area contributed by atoms with Crippen molar-refractivity contribution in [3.05, 3.63) is 0 Å². The van der Waals surface area contributed by atoms with Gasteiger partial charge in [0, 0.05) is 18.7 Å². The molecule has 1 aliphatic carbocycles. The quantitative estimate of drug-likeness (QED) is 0.384. The van der Waals surface area contributed by atoms with Gasteiger partial charge in [-0.05, 0) is 63.8 Å². The number of aliphatic hydroxyl groups excluding tert-OH is 1. The first-order valence-electron chi connectivity index (χ1n) is 9.91. The minimum absolute atomic E-state index is 0.107. The van der Waals surface area contributed by atoms with Crippen LogP contribution in [0, 0.1) is 11.8 Å². The highest BCUT2D eigenvalue weighted by molar-refractivity contribution is 5.74. The van der Waals surface area contributed by atoms with Gasteiger partial charge in [-0.25, -0.2) is 4.79 Å². The predicted molar refractivity (Wildman–Crippen MR) is 99.9 cm³/mol. The van der Waals surface area contributed by atoms with Gasteiger partial charge in [0.2, 0.25) is 0 Å². The number of aliphatic hydroxyl groups is 1. The summed E-state index contributed by atoms with van der Waals surface area (Å²) in [6, 6.07) is 0.488. The summed E-state index contributed by atoms with van der Waals surface area (Å²) >= 11 is 0. The second-order valence-electron chi connectivity index (χ2n) is 7.92. The molecule has 2 amide bonds. The van der Waals surface area contributed by atoms with E-state index < -0.39 is 0 Å². The van der Waals surface area contributed by atoms with Gasteiger partial charge in [0.05, 0.1) is 6.17 Å². The van der Waals surface area contributed by atoms with Crippen molar-refractivity contribution in [3.63, 3.8) is 0 Å². The van der Waals surface area contributed by atoms with Gasteiger partial charge < -0.3 is 21.1 Å². The van der Waals surface area contributed by atoms with Gasteiger partial charge in [-0.2, -0.15) is 0 Å². The Morgan fingerprint density at radius 2 is 1.84 bits per heavy atom. The summed E-state index contributed by atoms with van der Waals surface area (Å²) in [4.78, 5) is 12.3. The van der Waals surface area contributed by atoms with Crippen molar-refractivity contribution in [2.45, 2.75) is 83.8 Å². The highest BCUT2D eigenvalue weighted by Gasteiger charge is 2.28. The van der Waals surface area contributed by atoms with Crippen molar-refractivity contribution in [2.24, 2.45) is 11.8 Å². The van der Waals surface area contributed by atoms with Gasteiger partial charge in [-0.3, -0.25) is 10.6 Å². The van der Waals surface area contributed by atoms with Crippen LogP contribution >= 0.6 is 0 Å². The van der Waals surface area contributed by atoms with Crippen LogP contribution in [0.1, 0.15) is 59.3 Å². The van der Waals surface area contributed by atoms with Gasteiger partial charge in [0.15, 0.2) is 0 Å². The minimum atomic E-state index is -0.237. The van der Waals surface area contributed by atoms with Crippen LogP contribution in [0.3, 0.4) is 0 Å². The monoisotopic (exact) mass is 355 g/mol. The third kappa shape index (κ3) is 7.09. The third-order valence-corrected chi connectivity index (χ3v) is 5.59. The van der Waals surface area contributed by atoms with Gasteiger partial charge in [-0.15, -0.1) is 0 Å². The van der Waals surface area contributed by atoms with Crippen molar-refractivity contribution in [2.75, 3.05) is 13.2 Å². The van der Waals surface area contributed by atoms with Gasteiger partial charge in [0.25, 0.3) is 0 Å². The van der Waals surface area contributed by atoms with E-state index in [4.69, 9.17) is 5.11 Å². The SMILES string of the molecule is CC1CC(NCCCCO)NC(NC(=O)NC2CCC(C)C(C)C2)N1. The molecule has 0 bridgehead atoms. The zero-order chi connectivity index (χ0) is 18.2. The summed E-state index contributed by atoms with van der Waals surface area (Å²) in [5, 5.41) is 25.2. The zero-order valence-electron chi connectivity index (χ0n) is 16.0. The van der Waals surface area contributed by atoms with Crippen LogP contribution in [-0.4, -0.2) is 48.8 Å². The highest BCUT2D eigenvalue weighted by Crippen LogP contribution is 2.29. The van der Waals surface area contributed by atoms with Crippen molar-refractivity contribution < 1.29 is 9.90 Å². The molecule has 2 aliphatic rings. The summed E-state index contributed by atoms with van der Waals surface area (Å²) in [6.45, 7) is 7.80. The number of unbranched alkanes of at least 4 members (excludes halogenated alkanes) is 1. The largest absolute Gasteiger partial charge is 0.396 e. The zero-order valence-corrected chi connectivity index (χ0v) is 16.0. The Morgan fingerprint density at radius 1 is 1.04 bits per heavy atom. The molecule has 0 aromatic heterocycles. The number of hydrogen-bond donors (Lipinski definition) is 6. The Bertz CT molecular complexity index is 409. The van der Waals surface area contributed by atoms with Crippen LogP contribution in [0.4, 0.5) is 4.79 Å². The van der Waals surface area contributed by atoms with E-state index in [-0.39, 0.29) is 31.1 Å². The first-order chi connectivity index (χ1) is 12.0. The standard InChI is InChI=1S/C18H37N5O2/c1-12-6-7-15(10-13(12)2)21-18(25)23-17-20-14(3)11-16(22-17)19-8-4-5-9-24/h12-17,19-20,22,24H,4-11H2,1-3H3,(H2,21,23,25). The molecule has 1 heterocycles. The van der Waals surface area contributed by atoms with E-state index in [1.54, 1.807) is 0 Å². The van der Waals surface area contributed by atoms with Crippen molar-refractivity contribution in [1.29, 1.82) is 0 Å². The summed E-state index contributed by atoms with van der Waals surface area (Å²) in [7, 11) is 0. The first kappa shape index (κ1) is 20.4. The van der Waals surface area contributed by atoms with E-state index in [9.17, 15) is 4.79 Å². The molecule has 7 heteroatoms. The fourth-order valence-electron chi connectivity index (χ4n) is 3.80. The molecule has 7 nitrogen and oxygen atoms in total. The Morgan fingerprint density at radius 3 is 2.56 bits per heavy atom. The number of hydrogen-bond acceptors (Lipinski definition) is 5. The van der Waals surface area contributed by atoms with E-state index in [0.29, 0.717) is 12.0 Å². The number of carbonyl (C=O) groups is 1. The molecule has 146 valence electrons. The van der Waals surface area contributed by atoms with Crippen molar-refractivity contribution in [1.82, 2.24) is 26.6 Å². The minimum Gasteiger partial charge on any atom is -0.396 e. The Hall–Kier alpha value is -0.890. The predicted octanol–water partition coefficient (Wildman–Crippen LogP) is 1.05. The topological polar surface area (TPSA) is 97.5 Å². The van der Waals surface area contributed by atoms with Gasteiger partial charge in [0.1, 0.15) is 6.29 Å². The maximum Gasteiger partial charge on any atom is 0.317 e. The molecule has 0 aromatic rings. The van der Waals surface area contributed by atoms with Crippen LogP contribution < -0.4 is 26.6 Å². The van der Waals surface area contributed by atoms with Crippen LogP contribution in [-0.2, 0) is 0 Å². The molecular formula is C18H37N5O2. The van der Waals surface area contributed by atoms with E-state index in [1.165, 1.54) is 6.42 Å². The fourth-order valence-corrected chi connectivity index (χ4v) is 3.80. The smallest absolute Gasteiger partial charge is 0.317 e. The van der Waals surface area contributed by atoms with Gasteiger partial charge >= 0.3 is 6.03 Å². The fraction of sp³-hybridized carbons (Fsp3) is 0.944. The van der Waals surface area contributed by atoms with E-state index >= 15 is 0 Å². The molecule has 6 N–H and O–H groups in total. The lowest BCUT2D eigenvalue weighted by Crippen LogP contribution is -2.68. The summed E-state index contributed by atoms with van der Waals surface area (Å²) in [5.74, 6) is 1.42. The maximum absolute atomic E-state index is 12.3.